The normalized spacial score (nSPS) is 10.2. The van der Waals surface area contributed by atoms with Crippen LogP contribution in [0.25, 0.3) is 0 Å². The molecule has 0 saturated carbocycles. The molecule has 0 spiro atoms. The molecule has 0 aromatic heterocycles. The highest BCUT2D eigenvalue weighted by Gasteiger charge is 2.11. The van der Waals surface area contributed by atoms with Gasteiger partial charge >= 0.3 is 0 Å². The molecule has 0 unspecified atom stereocenters. The third-order valence-corrected chi connectivity index (χ3v) is 4.06. The number of carbonyl (C=O) groups excluding carboxylic acids is 2. The number of amides is 2. The van der Waals surface area contributed by atoms with E-state index in [0.29, 0.717) is 11.3 Å². The van der Waals surface area contributed by atoms with E-state index >= 15 is 0 Å². The predicted molar refractivity (Wildman–Crippen MR) is 90.4 cm³/mol. The minimum Gasteiger partial charge on any atom is -0.351 e. The van der Waals surface area contributed by atoms with Crippen LogP contribution in [0.5, 0.6) is 0 Å². The zero-order valence-corrected chi connectivity index (χ0v) is 14.1. The Morgan fingerprint density at radius 2 is 1.87 bits per heavy atom. The van der Waals surface area contributed by atoms with Crippen molar-refractivity contribution in [2.45, 2.75) is 19.9 Å². The minimum atomic E-state index is -0.461. The van der Waals surface area contributed by atoms with Crippen molar-refractivity contribution in [2.75, 3.05) is 5.32 Å². The summed E-state index contributed by atoms with van der Waals surface area (Å²) in [6, 6.07) is 11.6. The molecule has 0 radical (unpaired) electrons. The molecule has 0 aliphatic heterocycles. The highest BCUT2D eigenvalue weighted by atomic mass is 79.9. The van der Waals surface area contributed by atoms with E-state index in [4.69, 9.17) is 0 Å². The maximum Gasteiger partial charge on any atom is 0.233 e. The van der Waals surface area contributed by atoms with E-state index in [2.05, 4.69) is 26.6 Å². The van der Waals surface area contributed by atoms with Crippen molar-refractivity contribution in [3.05, 3.63) is 63.9 Å². The molecule has 2 amide bonds. The Balaban J connectivity index is 1.84. The SMILES string of the molecule is Cc1ccc(NC(=O)CC(=O)NCc2ccccc2F)cc1Br. The van der Waals surface area contributed by atoms with Crippen LogP contribution in [0.3, 0.4) is 0 Å². The fraction of sp³-hybridized carbons (Fsp3) is 0.176. The van der Waals surface area contributed by atoms with Gasteiger partial charge in [-0.25, -0.2) is 4.39 Å². The van der Waals surface area contributed by atoms with Crippen LogP contribution in [0.2, 0.25) is 0 Å². The Morgan fingerprint density at radius 1 is 1.13 bits per heavy atom. The Morgan fingerprint density at radius 3 is 2.57 bits per heavy atom. The molecule has 2 N–H and O–H groups in total. The highest BCUT2D eigenvalue weighted by molar-refractivity contribution is 9.10. The molecule has 0 saturated heterocycles. The molecule has 4 nitrogen and oxygen atoms in total. The fourth-order valence-electron chi connectivity index (χ4n) is 1.92. The summed E-state index contributed by atoms with van der Waals surface area (Å²) in [5.41, 5.74) is 2.03. The van der Waals surface area contributed by atoms with E-state index in [1.807, 2.05) is 13.0 Å². The van der Waals surface area contributed by atoms with Crippen LogP contribution in [-0.2, 0) is 16.1 Å². The van der Waals surface area contributed by atoms with Gasteiger partial charge in [0.05, 0.1) is 0 Å². The van der Waals surface area contributed by atoms with E-state index in [0.717, 1.165) is 10.0 Å². The molecular weight excluding hydrogens is 363 g/mol. The number of rotatable bonds is 5. The average molecular weight is 379 g/mol. The number of hydrogen-bond acceptors (Lipinski definition) is 2. The first kappa shape index (κ1) is 17.1. The van der Waals surface area contributed by atoms with Crippen molar-refractivity contribution in [1.29, 1.82) is 0 Å². The van der Waals surface area contributed by atoms with Gasteiger partial charge in [0.1, 0.15) is 12.2 Å². The molecule has 0 aliphatic rings. The second kappa shape index (κ2) is 7.87. The van der Waals surface area contributed by atoms with E-state index in [-0.39, 0.29) is 18.8 Å². The van der Waals surface area contributed by atoms with Gasteiger partial charge in [0, 0.05) is 22.3 Å². The predicted octanol–water partition coefficient (Wildman–Crippen LogP) is 3.54. The van der Waals surface area contributed by atoms with Crippen LogP contribution in [-0.4, -0.2) is 11.8 Å². The van der Waals surface area contributed by atoms with E-state index < -0.39 is 11.8 Å². The lowest BCUT2D eigenvalue weighted by molar-refractivity contribution is -0.126. The molecule has 120 valence electrons. The third-order valence-electron chi connectivity index (χ3n) is 3.21. The standard InChI is InChI=1S/C17H16BrFN2O2/c1-11-6-7-13(8-14(11)18)21-17(23)9-16(22)20-10-12-4-2-3-5-15(12)19/h2-8H,9-10H2,1H3,(H,20,22)(H,21,23). The van der Waals surface area contributed by atoms with Gasteiger partial charge in [-0.05, 0) is 30.7 Å². The Kier molecular flexibility index (Phi) is 5.87. The Labute approximate surface area is 142 Å². The zero-order chi connectivity index (χ0) is 16.8. The highest BCUT2D eigenvalue weighted by Crippen LogP contribution is 2.20. The monoisotopic (exact) mass is 378 g/mol. The lowest BCUT2D eigenvalue weighted by Crippen LogP contribution is -2.28. The maximum atomic E-state index is 13.4. The molecule has 0 bridgehead atoms. The second-order valence-electron chi connectivity index (χ2n) is 5.06. The van der Waals surface area contributed by atoms with Gasteiger partial charge < -0.3 is 10.6 Å². The Bertz CT molecular complexity index is 734. The topological polar surface area (TPSA) is 58.2 Å². The summed E-state index contributed by atoms with van der Waals surface area (Å²) in [4.78, 5) is 23.6. The molecule has 2 aromatic carbocycles. The van der Waals surface area contributed by atoms with Crippen molar-refractivity contribution >= 4 is 33.4 Å². The van der Waals surface area contributed by atoms with E-state index in [9.17, 15) is 14.0 Å². The first-order chi connectivity index (χ1) is 11.0. The van der Waals surface area contributed by atoms with E-state index in [1.165, 1.54) is 6.07 Å². The summed E-state index contributed by atoms with van der Waals surface area (Å²) in [6.07, 6.45) is -0.319. The number of halogens is 2. The van der Waals surface area contributed by atoms with Crippen LogP contribution in [0.1, 0.15) is 17.5 Å². The summed E-state index contributed by atoms with van der Waals surface area (Å²) in [6.45, 7) is 1.99. The van der Waals surface area contributed by atoms with Gasteiger partial charge in [0.15, 0.2) is 0 Å². The molecule has 0 heterocycles. The first-order valence-electron chi connectivity index (χ1n) is 7.02. The largest absolute Gasteiger partial charge is 0.351 e. The second-order valence-corrected chi connectivity index (χ2v) is 5.91. The smallest absolute Gasteiger partial charge is 0.233 e. The van der Waals surface area contributed by atoms with Crippen molar-refractivity contribution in [1.82, 2.24) is 5.32 Å². The quantitative estimate of drug-likeness (QED) is 0.781. The van der Waals surface area contributed by atoms with Gasteiger partial charge in [0.2, 0.25) is 11.8 Å². The van der Waals surface area contributed by atoms with Gasteiger partial charge in [-0.15, -0.1) is 0 Å². The summed E-state index contributed by atoms with van der Waals surface area (Å²) in [7, 11) is 0. The van der Waals surface area contributed by atoms with E-state index in [1.54, 1.807) is 30.3 Å². The number of carbonyl (C=O) groups is 2. The van der Waals surface area contributed by atoms with Crippen molar-refractivity contribution in [3.63, 3.8) is 0 Å². The summed E-state index contributed by atoms with van der Waals surface area (Å²) in [5.74, 6) is -1.27. The molecular formula is C17H16BrFN2O2. The van der Waals surface area contributed by atoms with Crippen molar-refractivity contribution in [2.24, 2.45) is 0 Å². The Hall–Kier alpha value is -2.21. The molecule has 0 aliphatic carbocycles. The van der Waals surface area contributed by atoms with Crippen LogP contribution < -0.4 is 10.6 Å². The molecule has 23 heavy (non-hydrogen) atoms. The van der Waals surface area contributed by atoms with Gasteiger partial charge in [0.25, 0.3) is 0 Å². The lowest BCUT2D eigenvalue weighted by atomic mass is 10.2. The van der Waals surface area contributed by atoms with Gasteiger partial charge in [-0.2, -0.15) is 0 Å². The molecule has 2 rings (SSSR count). The van der Waals surface area contributed by atoms with Crippen LogP contribution >= 0.6 is 15.9 Å². The first-order valence-corrected chi connectivity index (χ1v) is 7.81. The van der Waals surface area contributed by atoms with Gasteiger partial charge in [-0.3, -0.25) is 9.59 Å². The molecule has 0 atom stereocenters. The lowest BCUT2D eigenvalue weighted by Gasteiger charge is -2.08. The zero-order valence-electron chi connectivity index (χ0n) is 12.5. The average Bonchev–Trinajstić information content (AvgIpc) is 2.50. The summed E-state index contributed by atoms with van der Waals surface area (Å²) >= 11 is 3.38. The van der Waals surface area contributed by atoms with Crippen LogP contribution in [0, 0.1) is 12.7 Å². The summed E-state index contributed by atoms with van der Waals surface area (Å²) < 4.78 is 14.3. The van der Waals surface area contributed by atoms with Gasteiger partial charge in [-0.1, -0.05) is 40.2 Å². The van der Waals surface area contributed by atoms with Crippen molar-refractivity contribution < 1.29 is 14.0 Å². The number of nitrogens with one attached hydrogen (secondary N) is 2. The van der Waals surface area contributed by atoms with Crippen LogP contribution in [0.15, 0.2) is 46.9 Å². The minimum absolute atomic E-state index is 0.0505. The van der Waals surface area contributed by atoms with Crippen molar-refractivity contribution in [3.8, 4) is 0 Å². The maximum absolute atomic E-state index is 13.4. The fourth-order valence-corrected chi connectivity index (χ4v) is 2.30. The number of hydrogen-bond donors (Lipinski definition) is 2. The third kappa shape index (κ3) is 5.17. The number of aryl methyl sites for hydroxylation is 1. The molecule has 6 heteroatoms. The molecule has 0 fully saturated rings. The summed E-state index contributed by atoms with van der Waals surface area (Å²) in [5, 5.41) is 5.17. The van der Waals surface area contributed by atoms with Crippen LogP contribution in [0.4, 0.5) is 10.1 Å². The molecule has 2 aromatic rings. The number of anilines is 1. The number of benzene rings is 2.